The molecule has 3 heterocycles. The van der Waals surface area contributed by atoms with Crippen LogP contribution in [0.25, 0.3) is 22.0 Å². The maximum absolute atomic E-state index is 12.2. The number of aryl methyl sites for hydroxylation is 1. The first-order chi connectivity index (χ1) is 12.0. The summed E-state index contributed by atoms with van der Waals surface area (Å²) in [6.45, 7) is 2.56. The predicted octanol–water partition coefficient (Wildman–Crippen LogP) is 2.60. The van der Waals surface area contributed by atoms with Crippen molar-refractivity contribution in [3.63, 3.8) is 0 Å². The molecule has 4 rings (SSSR count). The second kappa shape index (κ2) is 5.86. The summed E-state index contributed by atoms with van der Waals surface area (Å²) >= 11 is 0. The van der Waals surface area contributed by atoms with Gasteiger partial charge in [0.05, 0.1) is 18.8 Å². The lowest BCUT2D eigenvalue weighted by atomic mass is 10.2. The van der Waals surface area contributed by atoms with E-state index in [0.29, 0.717) is 23.4 Å². The van der Waals surface area contributed by atoms with E-state index in [1.807, 2.05) is 31.3 Å². The first-order valence-corrected chi connectivity index (χ1v) is 8.12. The van der Waals surface area contributed by atoms with Crippen molar-refractivity contribution in [2.24, 2.45) is 7.05 Å². The number of fused-ring (bicyclic) bond motifs is 2. The number of aromatic amines is 1. The fourth-order valence-electron chi connectivity index (χ4n) is 2.95. The van der Waals surface area contributed by atoms with E-state index in [-0.39, 0.29) is 11.6 Å². The van der Waals surface area contributed by atoms with E-state index in [9.17, 15) is 4.79 Å². The topological polar surface area (TPSA) is 79.9 Å². The van der Waals surface area contributed by atoms with Crippen LogP contribution in [0.2, 0.25) is 0 Å². The molecule has 0 unspecified atom stereocenters. The summed E-state index contributed by atoms with van der Waals surface area (Å²) in [5.74, 6) is 1.49. The van der Waals surface area contributed by atoms with Crippen LogP contribution in [-0.4, -0.2) is 31.7 Å². The highest BCUT2D eigenvalue weighted by molar-refractivity contribution is 5.77. The number of H-pyrrole nitrogens is 1. The predicted molar refractivity (Wildman–Crippen MR) is 95.2 cm³/mol. The zero-order valence-electron chi connectivity index (χ0n) is 14.4. The Hall–Kier alpha value is -2.93. The highest BCUT2D eigenvalue weighted by Gasteiger charge is 2.18. The van der Waals surface area contributed by atoms with Crippen LogP contribution < -0.4 is 5.56 Å². The summed E-state index contributed by atoms with van der Waals surface area (Å²) in [6, 6.07) is 10.0. The van der Waals surface area contributed by atoms with Crippen molar-refractivity contribution < 1.29 is 4.42 Å². The molecule has 25 heavy (non-hydrogen) atoms. The Morgan fingerprint density at radius 3 is 2.96 bits per heavy atom. The van der Waals surface area contributed by atoms with Gasteiger partial charge in [-0.3, -0.25) is 14.4 Å². The number of nitrogens with one attached hydrogen (secondary N) is 1. The Morgan fingerprint density at radius 2 is 2.16 bits per heavy atom. The summed E-state index contributed by atoms with van der Waals surface area (Å²) in [4.78, 5) is 21.6. The molecule has 128 valence electrons. The van der Waals surface area contributed by atoms with Crippen molar-refractivity contribution in [1.29, 1.82) is 0 Å². The molecule has 0 fully saturated rings. The van der Waals surface area contributed by atoms with E-state index >= 15 is 0 Å². The third-order valence-electron chi connectivity index (χ3n) is 4.57. The van der Waals surface area contributed by atoms with Gasteiger partial charge in [0, 0.05) is 12.4 Å². The third-order valence-corrected chi connectivity index (χ3v) is 4.57. The largest absolute Gasteiger partial charge is 0.459 e. The average Bonchev–Trinajstić information content (AvgIpc) is 3.18. The smallest absolute Gasteiger partial charge is 0.262 e. The number of benzene rings is 1. The summed E-state index contributed by atoms with van der Waals surface area (Å²) in [5.41, 5.74) is 1.29. The van der Waals surface area contributed by atoms with Crippen molar-refractivity contribution >= 4 is 22.0 Å². The normalized spacial score (nSPS) is 13.1. The van der Waals surface area contributed by atoms with E-state index < -0.39 is 0 Å². The molecule has 0 saturated heterocycles. The minimum absolute atomic E-state index is 0.0416. The van der Waals surface area contributed by atoms with Crippen molar-refractivity contribution in [1.82, 2.24) is 24.6 Å². The average molecular weight is 337 g/mol. The molecule has 0 amide bonds. The standard InChI is InChI=1S/C18H19N5O2/c1-11(15-8-12-6-4-5-7-14(12)25-15)22(2)10-16-20-17-13(18(24)21-16)9-19-23(17)3/h4-9,11H,10H2,1-3H3,(H,20,21,24)/t11-/m1/s1. The van der Waals surface area contributed by atoms with Gasteiger partial charge in [0.15, 0.2) is 5.65 Å². The summed E-state index contributed by atoms with van der Waals surface area (Å²) in [7, 11) is 3.75. The molecule has 0 radical (unpaired) electrons. The SMILES string of the molecule is C[C@H](c1cc2ccccc2o1)N(C)Cc1nc2c(cnn2C)c(=O)[nH]1. The van der Waals surface area contributed by atoms with Crippen LogP contribution in [0.15, 0.2) is 45.7 Å². The number of furan rings is 1. The maximum Gasteiger partial charge on any atom is 0.262 e. The van der Waals surface area contributed by atoms with E-state index in [4.69, 9.17) is 4.42 Å². The van der Waals surface area contributed by atoms with Gasteiger partial charge < -0.3 is 9.40 Å². The number of para-hydroxylation sites is 1. The molecule has 3 aromatic heterocycles. The number of aromatic nitrogens is 4. The lowest BCUT2D eigenvalue weighted by Gasteiger charge is -2.22. The Morgan fingerprint density at radius 1 is 1.36 bits per heavy atom. The van der Waals surface area contributed by atoms with Gasteiger partial charge in [-0.25, -0.2) is 4.98 Å². The Kier molecular flexibility index (Phi) is 3.65. The van der Waals surface area contributed by atoms with Gasteiger partial charge in [0.1, 0.15) is 22.6 Å². The second-order valence-electron chi connectivity index (χ2n) is 6.30. The van der Waals surface area contributed by atoms with Crippen molar-refractivity contribution in [2.75, 3.05) is 7.05 Å². The van der Waals surface area contributed by atoms with Gasteiger partial charge in [-0.1, -0.05) is 18.2 Å². The van der Waals surface area contributed by atoms with Crippen LogP contribution in [0.3, 0.4) is 0 Å². The number of hydrogen-bond donors (Lipinski definition) is 1. The van der Waals surface area contributed by atoms with Gasteiger partial charge in [0.25, 0.3) is 5.56 Å². The van der Waals surface area contributed by atoms with Crippen LogP contribution in [0.1, 0.15) is 24.6 Å². The number of hydrogen-bond acceptors (Lipinski definition) is 5. The van der Waals surface area contributed by atoms with Crippen LogP contribution in [0.4, 0.5) is 0 Å². The first-order valence-electron chi connectivity index (χ1n) is 8.12. The van der Waals surface area contributed by atoms with Gasteiger partial charge in [0.2, 0.25) is 0 Å². The Balaban J connectivity index is 1.61. The van der Waals surface area contributed by atoms with Crippen molar-refractivity contribution in [3.8, 4) is 0 Å². The fraction of sp³-hybridized carbons (Fsp3) is 0.278. The van der Waals surface area contributed by atoms with E-state index in [0.717, 1.165) is 16.7 Å². The molecule has 1 atom stereocenters. The molecule has 7 nitrogen and oxygen atoms in total. The third kappa shape index (κ3) is 2.72. The highest BCUT2D eigenvalue weighted by Crippen LogP contribution is 2.27. The van der Waals surface area contributed by atoms with Gasteiger partial charge in [-0.2, -0.15) is 5.10 Å². The van der Waals surface area contributed by atoms with Crippen LogP contribution in [-0.2, 0) is 13.6 Å². The van der Waals surface area contributed by atoms with Gasteiger partial charge in [-0.15, -0.1) is 0 Å². The lowest BCUT2D eigenvalue weighted by molar-refractivity contribution is 0.221. The fourth-order valence-corrected chi connectivity index (χ4v) is 2.95. The highest BCUT2D eigenvalue weighted by atomic mass is 16.3. The zero-order valence-corrected chi connectivity index (χ0v) is 14.4. The molecule has 7 heteroatoms. The molecule has 0 aliphatic rings. The molecular weight excluding hydrogens is 318 g/mol. The zero-order chi connectivity index (χ0) is 17.6. The summed E-state index contributed by atoms with van der Waals surface area (Å²) < 4.78 is 7.55. The number of nitrogens with zero attached hydrogens (tertiary/aromatic N) is 4. The second-order valence-corrected chi connectivity index (χ2v) is 6.30. The monoisotopic (exact) mass is 337 g/mol. The van der Waals surface area contributed by atoms with Crippen molar-refractivity contribution in [2.45, 2.75) is 19.5 Å². The molecule has 0 aliphatic carbocycles. The Labute approximate surface area is 143 Å². The Bertz CT molecular complexity index is 1070. The first kappa shape index (κ1) is 15.6. The maximum atomic E-state index is 12.2. The molecule has 0 aliphatic heterocycles. The van der Waals surface area contributed by atoms with Crippen molar-refractivity contribution in [3.05, 3.63) is 58.5 Å². The molecule has 0 bridgehead atoms. The summed E-state index contributed by atoms with van der Waals surface area (Å²) in [6.07, 6.45) is 1.53. The minimum atomic E-state index is -0.169. The van der Waals surface area contributed by atoms with Crippen LogP contribution in [0, 0.1) is 0 Å². The van der Waals surface area contributed by atoms with Gasteiger partial charge >= 0.3 is 0 Å². The molecule has 1 aromatic carbocycles. The van der Waals surface area contributed by atoms with Crippen LogP contribution >= 0.6 is 0 Å². The van der Waals surface area contributed by atoms with Gasteiger partial charge in [-0.05, 0) is 26.1 Å². The molecule has 1 N–H and O–H groups in total. The molecule has 4 aromatic rings. The molecule has 0 spiro atoms. The number of rotatable bonds is 4. The van der Waals surface area contributed by atoms with Crippen LogP contribution in [0.5, 0.6) is 0 Å². The lowest BCUT2D eigenvalue weighted by Crippen LogP contribution is -2.24. The van der Waals surface area contributed by atoms with E-state index in [1.165, 1.54) is 6.20 Å². The molecular formula is C18H19N5O2. The quantitative estimate of drug-likeness (QED) is 0.619. The van der Waals surface area contributed by atoms with E-state index in [1.54, 1.807) is 11.7 Å². The minimum Gasteiger partial charge on any atom is -0.459 e. The molecule has 0 saturated carbocycles. The summed E-state index contributed by atoms with van der Waals surface area (Å²) in [5, 5.41) is 5.67. The van der Waals surface area contributed by atoms with E-state index in [2.05, 4.69) is 33.0 Å².